The Bertz CT molecular complexity index is 1750. The zero-order valence-electron chi connectivity index (χ0n) is 27.8. The van der Waals surface area contributed by atoms with E-state index in [1.54, 1.807) is 54.6 Å². The molecule has 2 N–H and O–H groups in total. The first-order valence-electron chi connectivity index (χ1n) is 15.8. The zero-order valence-corrected chi connectivity index (χ0v) is 31.0. The van der Waals surface area contributed by atoms with E-state index in [4.69, 9.17) is 6.42 Å². The van der Waals surface area contributed by atoms with Gasteiger partial charge in [0.05, 0.1) is 11.4 Å². The number of benzene rings is 4. The van der Waals surface area contributed by atoms with Crippen molar-refractivity contribution in [2.24, 2.45) is 0 Å². The summed E-state index contributed by atoms with van der Waals surface area (Å²) in [7, 11) is 0. The number of hydrogen-bond acceptors (Lipinski definition) is 2. The molecule has 0 aliphatic rings. The lowest BCUT2D eigenvalue weighted by Gasteiger charge is -2.10. The lowest BCUT2D eigenvalue weighted by atomic mass is 10.1. The van der Waals surface area contributed by atoms with Gasteiger partial charge in [0.2, 0.25) is 0 Å². The number of carbonyl (C=O) groups excluding carboxylic acids is 2. The molecule has 4 aromatic carbocycles. The normalized spacial score (nSPS) is 9.76. The summed E-state index contributed by atoms with van der Waals surface area (Å²) in [6, 6.07) is 25.5. The first kappa shape index (κ1) is 43.6. The van der Waals surface area contributed by atoms with Crippen LogP contribution in [0.5, 0.6) is 0 Å². The summed E-state index contributed by atoms with van der Waals surface area (Å²) in [6.07, 6.45) is 5.79. The lowest BCUT2D eigenvalue weighted by molar-refractivity contribution is -0.0000303. The fraction of sp³-hybridized carbons (Fsp3) is 0.250. The van der Waals surface area contributed by atoms with Crippen LogP contribution in [0.3, 0.4) is 0 Å². The SMILES string of the molecule is C#CCCCC.CCCCC#Cc1ccccc1NC(=O)c1ccccc1C(F)F.O=C(Nc1ccccc1Br)c1ccccc1C(F)F.[Br-]. The van der Waals surface area contributed by atoms with E-state index in [1.165, 1.54) is 49.2 Å². The number of terminal acetylenes is 1. The second kappa shape index (κ2) is 24.7. The van der Waals surface area contributed by atoms with Gasteiger partial charge in [-0.05, 0) is 65.2 Å². The first-order chi connectivity index (χ1) is 23.6. The van der Waals surface area contributed by atoms with Gasteiger partial charge < -0.3 is 27.6 Å². The molecule has 4 rings (SSSR count). The van der Waals surface area contributed by atoms with E-state index < -0.39 is 24.7 Å². The van der Waals surface area contributed by atoms with Crippen molar-refractivity contribution in [3.63, 3.8) is 0 Å². The fourth-order valence-corrected chi connectivity index (χ4v) is 4.52. The number of alkyl halides is 4. The van der Waals surface area contributed by atoms with Gasteiger partial charge in [0, 0.05) is 45.1 Å². The Morgan fingerprint density at radius 1 is 0.680 bits per heavy atom. The smallest absolute Gasteiger partial charge is 0.264 e. The van der Waals surface area contributed by atoms with Gasteiger partial charge in [0.1, 0.15) is 0 Å². The van der Waals surface area contributed by atoms with E-state index >= 15 is 0 Å². The summed E-state index contributed by atoms with van der Waals surface area (Å²) in [5, 5.41) is 5.29. The molecule has 0 aromatic heterocycles. The van der Waals surface area contributed by atoms with Gasteiger partial charge in [-0.25, -0.2) is 17.6 Å². The molecule has 4 nitrogen and oxygen atoms in total. The summed E-state index contributed by atoms with van der Waals surface area (Å²) < 4.78 is 52.4. The Kier molecular flexibility index (Phi) is 21.6. The summed E-state index contributed by atoms with van der Waals surface area (Å²) >= 11 is 3.28. The van der Waals surface area contributed by atoms with Crippen molar-refractivity contribution in [3.05, 3.63) is 129 Å². The van der Waals surface area contributed by atoms with Crippen LogP contribution in [0, 0.1) is 24.2 Å². The number of halogens is 6. The van der Waals surface area contributed by atoms with Gasteiger partial charge in [-0.15, -0.1) is 12.3 Å². The third kappa shape index (κ3) is 15.0. The van der Waals surface area contributed by atoms with Gasteiger partial charge in [-0.3, -0.25) is 9.59 Å². The lowest BCUT2D eigenvalue weighted by Crippen LogP contribution is -3.00. The molecular formula is C40H39Br2F4N2O2-. The monoisotopic (exact) mass is 813 g/mol. The predicted octanol–water partition coefficient (Wildman–Crippen LogP) is 8.87. The molecule has 0 heterocycles. The minimum atomic E-state index is -2.70. The van der Waals surface area contributed by atoms with Crippen LogP contribution in [-0.4, -0.2) is 11.8 Å². The molecule has 264 valence electrons. The predicted molar refractivity (Wildman–Crippen MR) is 194 cm³/mol. The van der Waals surface area contributed by atoms with Gasteiger partial charge in [0.25, 0.3) is 24.7 Å². The average molecular weight is 816 g/mol. The third-order valence-electron chi connectivity index (χ3n) is 6.73. The topological polar surface area (TPSA) is 58.2 Å². The number of nitrogens with one attached hydrogen (secondary N) is 2. The van der Waals surface area contributed by atoms with Gasteiger partial charge >= 0.3 is 0 Å². The zero-order chi connectivity index (χ0) is 36.0. The van der Waals surface area contributed by atoms with Crippen LogP contribution in [0.1, 0.15) is 103 Å². The molecule has 0 unspecified atom stereocenters. The Morgan fingerprint density at radius 2 is 1.12 bits per heavy atom. The summed E-state index contributed by atoms with van der Waals surface area (Å²) in [5.74, 6) is 7.55. The number of hydrogen-bond donors (Lipinski definition) is 2. The number of unbranched alkanes of at least 4 members (excludes halogenated alkanes) is 4. The van der Waals surface area contributed by atoms with Crippen LogP contribution in [0.25, 0.3) is 0 Å². The van der Waals surface area contributed by atoms with E-state index in [9.17, 15) is 27.2 Å². The minimum Gasteiger partial charge on any atom is -1.00 e. The van der Waals surface area contributed by atoms with Crippen LogP contribution in [0.4, 0.5) is 28.9 Å². The van der Waals surface area contributed by atoms with Gasteiger partial charge in [-0.2, -0.15) is 0 Å². The van der Waals surface area contributed by atoms with E-state index in [0.29, 0.717) is 21.4 Å². The fourth-order valence-electron chi connectivity index (χ4n) is 4.13. The van der Waals surface area contributed by atoms with Crippen LogP contribution in [0.15, 0.2) is 102 Å². The summed E-state index contributed by atoms with van der Waals surface area (Å²) in [4.78, 5) is 24.4. The molecule has 0 spiro atoms. The maximum Gasteiger partial charge on any atom is 0.264 e. The average Bonchev–Trinajstić information content (AvgIpc) is 3.11. The maximum atomic E-state index is 13.0. The van der Waals surface area contributed by atoms with Crippen molar-refractivity contribution in [2.75, 3.05) is 10.6 Å². The molecule has 10 heteroatoms. The number of para-hydroxylation sites is 2. The highest BCUT2D eigenvalue weighted by molar-refractivity contribution is 9.10. The van der Waals surface area contributed by atoms with Gasteiger partial charge in [0.15, 0.2) is 0 Å². The Balaban J connectivity index is 0.000000430. The van der Waals surface area contributed by atoms with Crippen LogP contribution in [0.2, 0.25) is 0 Å². The molecule has 2 amide bonds. The van der Waals surface area contributed by atoms with Crippen LogP contribution < -0.4 is 27.6 Å². The second-order valence-electron chi connectivity index (χ2n) is 10.4. The largest absolute Gasteiger partial charge is 1.00 e. The molecule has 0 radical (unpaired) electrons. The van der Waals surface area contributed by atoms with Crippen molar-refractivity contribution in [2.45, 2.75) is 65.2 Å². The Hall–Kier alpha value is -4.38. The van der Waals surface area contributed by atoms with Crippen LogP contribution in [-0.2, 0) is 0 Å². The molecule has 4 aromatic rings. The first-order valence-corrected chi connectivity index (χ1v) is 16.6. The molecule has 0 saturated heterocycles. The minimum absolute atomic E-state index is 0. The molecular weight excluding hydrogens is 776 g/mol. The highest BCUT2D eigenvalue weighted by Crippen LogP contribution is 2.26. The quantitative estimate of drug-likeness (QED) is 0.0956. The molecule has 0 aliphatic carbocycles. The highest BCUT2D eigenvalue weighted by Gasteiger charge is 2.19. The van der Waals surface area contributed by atoms with E-state index in [0.717, 1.165) is 25.7 Å². The molecule has 0 atom stereocenters. The van der Waals surface area contributed by atoms with Crippen molar-refractivity contribution < 1.29 is 44.1 Å². The summed E-state index contributed by atoms with van der Waals surface area (Å²) in [5.41, 5.74) is 1.15. The van der Waals surface area contributed by atoms with Crippen molar-refractivity contribution in [1.82, 2.24) is 0 Å². The van der Waals surface area contributed by atoms with Gasteiger partial charge in [-0.1, -0.05) is 99.2 Å². The van der Waals surface area contributed by atoms with Crippen LogP contribution >= 0.6 is 15.9 Å². The van der Waals surface area contributed by atoms with E-state index in [2.05, 4.69) is 58.2 Å². The van der Waals surface area contributed by atoms with Crippen molar-refractivity contribution in [1.29, 1.82) is 0 Å². The molecule has 0 saturated carbocycles. The van der Waals surface area contributed by atoms with E-state index in [1.807, 2.05) is 6.07 Å². The molecule has 50 heavy (non-hydrogen) atoms. The number of carbonyl (C=O) groups is 2. The molecule has 0 bridgehead atoms. The van der Waals surface area contributed by atoms with Crippen molar-refractivity contribution >= 4 is 39.1 Å². The number of anilines is 2. The van der Waals surface area contributed by atoms with E-state index in [-0.39, 0.29) is 39.2 Å². The van der Waals surface area contributed by atoms with Crippen molar-refractivity contribution in [3.8, 4) is 24.2 Å². The number of amides is 2. The third-order valence-corrected chi connectivity index (χ3v) is 7.42. The highest BCUT2D eigenvalue weighted by atomic mass is 79.9. The summed E-state index contributed by atoms with van der Waals surface area (Å²) in [6.45, 7) is 4.23. The molecule has 0 aliphatic heterocycles. The number of rotatable bonds is 10. The Morgan fingerprint density at radius 3 is 1.60 bits per heavy atom. The Labute approximate surface area is 311 Å². The maximum absolute atomic E-state index is 13.0. The standard InChI is InChI=1S/C20H19F2NO.C14H10BrF2NO.C6H10.BrH/c1-2-3-4-5-10-15-11-6-9-14-18(15)23-20(24)17-13-8-7-12-16(17)19(21)22;15-11-7-3-4-8-12(11)18-14(19)10-6-2-1-5-9(10)13(16)17;1-3-5-6-4-2;/h6-9,11-14,19H,2-4H2,1H3,(H,23,24);1-8,13H,(H,18,19);1H,4-6H2,2H3;1H/p-1. The molecule has 0 fully saturated rings. The second-order valence-corrected chi connectivity index (χ2v) is 11.3.